The highest BCUT2D eigenvalue weighted by Crippen LogP contribution is 2.19. The molecule has 0 unspecified atom stereocenters. The molecule has 3 heteroatoms. The average molecular weight is 214 g/mol. The predicted molar refractivity (Wildman–Crippen MR) is 64.0 cm³/mol. The Balaban J connectivity index is 2.24. The molecule has 0 aromatic heterocycles. The molecule has 0 aliphatic carbocycles. The van der Waals surface area contributed by atoms with Crippen molar-refractivity contribution in [2.75, 3.05) is 19.6 Å². The van der Waals surface area contributed by atoms with E-state index in [9.17, 15) is 5.11 Å². The van der Waals surface area contributed by atoms with Gasteiger partial charge in [-0.25, -0.2) is 0 Å². The van der Waals surface area contributed by atoms with Crippen LogP contribution in [-0.2, 0) is 0 Å². The van der Waals surface area contributed by atoms with Gasteiger partial charge in [0.1, 0.15) is 0 Å². The minimum absolute atomic E-state index is 0.231. The first kappa shape index (κ1) is 12.9. The van der Waals surface area contributed by atoms with E-state index in [0.717, 1.165) is 6.54 Å². The van der Waals surface area contributed by atoms with Crippen molar-refractivity contribution in [3.8, 4) is 0 Å². The summed E-state index contributed by atoms with van der Waals surface area (Å²) < 4.78 is 0. The number of nitrogens with one attached hydrogen (secondary N) is 1. The molecule has 1 aliphatic heterocycles. The lowest BCUT2D eigenvalue weighted by Gasteiger charge is -2.41. The predicted octanol–water partition coefficient (Wildman–Crippen LogP) is 1.22. The topological polar surface area (TPSA) is 35.5 Å². The molecule has 1 fully saturated rings. The normalized spacial score (nSPS) is 23.0. The molecule has 3 nitrogen and oxygen atoms in total. The number of likely N-dealkylation sites (tertiary alicyclic amines) is 1. The van der Waals surface area contributed by atoms with Crippen LogP contribution in [-0.4, -0.2) is 47.3 Å². The minimum atomic E-state index is -0.231. The van der Waals surface area contributed by atoms with E-state index in [0.29, 0.717) is 11.6 Å². The van der Waals surface area contributed by atoms with Crippen LogP contribution in [0, 0.1) is 0 Å². The highest BCUT2D eigenvalue weighted by Gasteiger charge is 2.26. The van der Waals surface area contributed by atoms with Gasteiger partial charge in [-0.2, -0.15) is 0 Å². The second kappa shape index (κ2) is 5.28. The van der Waals surface area contributed by atoms with Gasteiger partial charge in [-0.15, -0.1) is 0 Å². The average Bonchev–Trinajstić information content (AvgIpc) is 2.14. The minimum Gasteiger partial charge on any atom is -0.392 e. The van der Waals surface area contributed by atoms with Crippen molar-refractivity contribution in [3.63, 3.8) is 0 Å². The van der Waals surface area contributed by atoms with Crippen molar-refractivity contribution in [3.05, 3.63) is 0 Å². The van der Waals surface area contributed by atoms with Crippen LogP contribution in [0.15, 0.2) is 0 Å². The summed E-state index contributed by atoms with van der Waals surface area (Å²) in [6.07, 6.45) is 2.17. The highest BCUT2D eigenvalue weighted by atomic mass is 16.3. The molecule has 0 aromatic carbocycles. The lowest BCUT2D eigenvalue weighted by molar-refractivity contribution is 0.0919. The van der Waals surface area contributed by atoms with Crippen LogP contribution in [0.2, 0.25) is 0 Å². The molecule has 1 rings (SSSR count). The molecule has 0 amide bonds. The Labute approximate surface area is 93.9 Å². The molecular formula is C12H26N2O. The second-order valence-corrected chi connectivity index (χ2v) is 5.69. The molecule has 1 atom stereocenters. The number of hydrogen-bond donors (Lipinski definition) is 2. The van der Waals surface area contributed by atoms with E-state index in [-0.39, 0.29) is 6.10 Å². The summed E-state index contributed by atoms with van der Waals surface area (Å²) in [6.45, 7) is 11.7. The fourth-order valence-electron chi connectivity index (χ4n) is 2.09. The van der Waals surface area contributed by atoms with Gasteiger partial charge in [0.25, 0.3) is 0 Å². The van der Waals surface area contributed by atoms with Crippen LogP contribution < -0.4 is 5.32 Å². The smallest absolute Gasteiger partial charge is 0.0636 e. The van der Waals surface area contributed by atoms with Gasteiger partial charge in [0.15, 0.2) is 0 Å². The summed E-state index contributed by atoms with van der Waals surface area (Å²) >= 11 is 0. The van der Waals surface area contributed by atoms with Crippen LogP contribution in [0.5, 0.6) is 0 Å². The molecule has 2 N–H and O–H groups in total. The molecule has 1 heterocycles. The molecule has 15 heavy (non-hydrogen) atoms. The van der Waals surface area contributed by atoms with Gasteiger partial charge in [0.05, 0.1) is 6.10 Å². The Bertz CT molecular complexity index is 179. The standard InChI is InChI=1S/C12H26N2O/c1-10(15)9-13-11-5-7-14(8-6-11)12(2,3)4/h10-11,13,15H,5-9H2,1-4H3/t10-/m1/s1. The summed E-state index contributed by atoms with van der Waals surface area (Å²) in [5, 5.41) is 12.6. The van der Waals surface area contributed by atoms with Crippen molar-refractivity contribution < 1.29 is 5.11 Å². The Morgan fingerprint density at radius 2 is 1.87 bits per heavy atom. The lowest BCUT2D eigenvalue weighted by Crippen LogP contribution is -2.50. The SMILES string of the molecule is C[C@@H](O)CNC1CCN(C(C)(C)C)CC1. The summed E-state index contributed by atoms with van der Waals surface area (Å²) in [4.78, 5) is 2.54. The lowest BCUT2D eigenvalue weighted by atomic mass is 9.98. The summed E-state index contributed by atoms with van der Waals surface area (Å²) in [7, 11) is 0. The number of piperidine rings is 1. The van der Waals surface area contributed by atoms with E-state index in [4.69, 9.17) is 0 Å². The molecule has 1 saturated heterocycles. The first-order chi connectivity index (χ1) is 6.89. The molecule has 1 aliphatic rings. The zero-order valence-electron chi connectivity index (χ0n) is 10.6. The van der Waals surface area contributed by atoms with Gasteiger partial charge in [0.2, 0.25) is 0 Å². The quantitative estimate of drug-likeness (QED) is 0.741. The largest absolute Gasteiger partial charge is 0.392 e. The van der Waals surface area contributed by atoms with E-state index in [1.54, 1.807) is 0 Å². The third kappa shape index (κ3) is 4.49. The van der Waals surface area contributed by atoms with Gasteiger partial charge in [-0.1, -0.05) is 0 Å². The van der Waals surface area contributed by atoms with Crippen molar-refractivity contribution in [1.29, 1.82) is 0 Å². The number of aliphatic hydroxyl groups is 1. The third-order valence-corrected chi connectivity index (χ3v) is 3.15. The van der Waals surface area contributed by atoms with Gasteiger partial charge in [-0.3, -0.25) is 4.90 Å². The molecule has 0 spiro atoms. The van der Waals surface area contributed by atoms with Gasteiger partial charge in [-0.05, 0) is 40.5 Å². The summed E-state index contributed by atoms with van der Waals surface area (Å²) in [6, 6.07) is 0.596. The van der Waals surface area contributed by atoms with E-state index in [1.807, 2.05) is 6.92 Å². The number of hydrogen-bond acceptors (Lipinski definition) is 3. The van der Waals surface area contributed by atoms with Crippen LogP contribution in [0.4, 0.5) is 0 Å². The molecule has 0 radical (unpaired) electrons. The van der Waals surface area contributed by atoms with E-state index >= 15 is 0 Å². The first-order valence-electron chi connectivity index (χ1n) is 6.06. The molecule has 90 valence electrons. The third-order valence-electron chi connectivity index (χ3n) is 3.15. The highest BCUT2D eigenvalue weighted by molar-refractivity contribution is 4.84. The van der Waals surface area contributed by atoms with Crippen molar-refractivity contribution in [1.82, 2.24) is 10.2 Å². The Hall–Kier alpha value is -0.120. The van der Waals surface area contributed by atoms with Crippen molar-refractivity contribution >= 4 is 0 Å². The molecular weight excluding hydrogens is 188 g/mol. The number of rotatable bonds is 3. The van der Waals surface area contributed by atoms with Crippen LogP contribution >= 0.6 is 0 Å². The maximum Gasteiger partial charge on any atom is 0.0636 e. The maximum absolute atomic E-state index is 9.19. The van der Waals surface area contributed by atoms with E-state index in [1.165, 1.54) is 25.9 Å². The van der Waals surface area contributed by atoms with Gasteiger partial charge in [0, 0.05) is 31.2 Å². The Kier molecular flexibility index (Phi) is 4.56. The van der Waals surface area contributed by atoms with Crippen molar-refractivity contribution in [2.45, 2.75) is 58.2 Å². The molecule has 0 bridgehead atoms. The molecule has 0 saturated carbocycles. The molecule has 0 aromatic rings. The Morgan fingerprint density at radius 1 is 1.33 bits per heavy atom. The van der Waals surface area contributed by atoms with Gasteiger partial charge < -0.3 is 10.4 Å². The number of nitrogens with zero attached hydrogens (tertiary/aromatic N) is 1. The fraction of sp³-hybridized carbons (Fsp3) is 1.00. The second-order valence-electron chi connectivity index (χ2n) is 5.69. The van der Waals surface area contributed by atoms with Crippen molar-refractivity contribution in [2.24, 2.45) is 0 Å². The Morgan fingerprint density at radius 3 is 2.27 bits per heavy atom. The summed E-state index contributed by atoms with van der Waals surface area (Å²) in [5.74, 6) is 0. The first-order valence-corrected chi connectivity index (χ1v) is 6.06. The van der Waals surface area contributed by atoms with Crippen LogP contribution in [0.25, 0.3) is 0 Å². The van der Waals surface area contributed by atoms with Crippen LogP contribution in [0.3, 0.4) is 0 Å². The summed E-state index contributed by atoms with van der Waals surface area (Å²) in [5.41, 5.74) is 0.301. The maximum atomic E-state index is 9.19. The fourth-order valence-corrected chi connectivity index (χ4v) is 2.09. The zero-order valence-corrected chi connectivity index (χ0v) is 10.6. The van der Waals surface area contributed by atoms with Crippen LogP contribution in [0.1, 0.15) is 40.5 Å². The van der Waals surface area contributed by atoms with E-state index in [2.05, 4.69) is 31.0 Å². The zero-order chi connectivity index (χ0) is 11.5. The van der Waals surface area contributed by atoms with E-state index < -0.39 is 0 Å². The van der Waals surface area contributed by atoms with Gasteiger partial charge >= 0.3 is 0 Å². The monoisotopic (exact) mass is 214 g/mol. The number of aliphatic hydroxyl groups excluding tert-OH is 1.